The number of hydrogen-bond donors (Lipinski definition) is 4. The molecule has 3 aromatic rings. The molecule has 2 heterocycles. The topological polar surface area (TPSA) is 151 Å². The van der Waals surface area contributed by atoms with Crippen molar-refractivity contribution in [2.75, 3.05) is 17.7 Å². The number of anilines is 3. The lowest BCUT2D eigenvalue weighted by Crippen LogP contribution is -2.50. The molecule has 14 heteroatoms. The molecule has 1 aliphatic carbocycles. The van der Waals surface area contributed by atoms with Crippen molar-refractivity contribution in [3.05, 3.63) is 41.9 Å². The highest BCUT2D eigenvalue weighted by atomic mass is 16.5. The molecule has 1 aromatic carbocycles. The first-order valence-corrected chi connectivity index (χ1v) is 11.4. The zero-order valence-corrected chi connectivity index (χ0v) is 20.5. The summed E-state index contributed by atoms with van der Waals surface area (Å²) in [6, 6.07) is 6.58. The van der Waals surface area contributed by atoms with Gasteiger partial charge in [0.05, 0.1) is 53.2 Å². The van der Waals surface area contributed by atoms with Gasteiger partial charge in [-0.05, 0) is 38.8 Å². The van der Waals surface area contributed by atoms with Gasteiger partial charge in [0.1, 0.15) is 11.4 Å². The number of carbonyl (C=O) groups is 2. The molecule has 0 saturated heterocycles. The summed E-state index contributed by atoms with van der Waals surface area (Å²) >= 11 is 0. The number of pyridine rings is 1. The Kier molecular flexibility index (Phi) is 7.05. The van der Waals surface area contributed by atoms with Crippen LogP contribution in [0.3, 0.4) is 0 Å². The first-order valence-electron chi connectivity index (χ1n) is 11.4. The molecule has 2 aromatic heterocycles. The van der Waals surface area contributed by atoms with Crippen molar-refractivity contribution < 1.29 is 24.0 Å². The lowest BCUT2D eigenvalue weighted by molar-refractivity contribution is -0.117. The number of benzene rings is 1. The maximum absolute atomic E-state index is 12.9. The monoisotopic (exact) mass is 496 g/mol. The maximum Gasteiger partial charge on any atom is 0.261 e. The Bertz CT molecular complexity index is 1330. The Morgan fingerprint density at radius 3 is 2.51 bits per heavy atom. The van der Waals surface area contributed by atoms with Gasteiger partial charge < -0.3 is 30.3 Å². The highest BCUT2D eigenvalue weighted by Gasteiger charge is 2.30. The number of para-hydroxylation sites is 1. The van der Waals surface area contributed by atoms with Crippen LogP contribution < -0.4 is 20.7 Å². The minimum absolute atomic E-state index is 0.0460. The van der Waals surface area contributed by atoms with Crippen molar-refractivity contribution in [1.29, 1.82) is 0 Å². The maximum atomic E-state index is 12.9. The Balaban J connectivity index is 1.72. The third kappa shape index (κ3) is 6.32. The number of rotatable bonds is 9. The molecular formula is C23H23B3N6O5. The van der Waals surface area contributed by atoms with Gasteiger partial charge in [-0.1, -0.05) is 16.5 Å². The van der Waals surface area contributed by atoms with E-state index >= 15 is 0 Å². The molecule has 1 aliphatic rings. The van der Waals surface area contributed by atoms with Crippen LogP contribution in [0.4, 0.5) is 17.2 Å². The predicted molar refractivity (Wildman–Crippen MR) is 138 cm³/mol. The highest BCUT2D eigenvalue weighted by Crippen LogP contribution is 2.38. The van der Waals surface area contributed by atoms with Gasteiger partial charge in [-0.2, -0.15) is 4.98 Å². The quantitative estimate of drug-likeness (QED) is 0.322. The van der Waals surface area contributed by atoms with Crippen molar-refractivity contribution in [1.82, 2.24) is 20.4 Å². The SMILES string of the molecule is [B]C([B])([B])NC(=O)c1cnc(NC(=O)C2CC2)cc1Nc1cccc(-c2nc(C(C)(C)O)no2)c1OC. The van der Waals surface area contributed by atoms with Crippen LogP contribution in [-0.2, 0) is 10.4 Å². The average Bonchev–Trinajstić information content (AvgIpc) is 3.53. The van der Waals surface area contributed by atoms with Crippen LogP contribution >= 0.6 is 0 Å². The second-order valence-electron chi connectivity index (χ2n) is 9.26. The van der Waals surface area contributed by atoms with E-state index in [1.54, 1.807) is 18.2 Å². The standard InChI is InChI=1S/C23H23B3N6O5/c1-22(2,35)21-30-20(37-32-21)12-5-4-6-14(17(12)36-3)28-15-9-16(29-18(33)11-7-8-11)27-10-13(15)19(34)31-23(24,25)26/h4-6,9-11,35H,7-8H2,1-3H3,(H,31,34)(H2,27,28,29,33). The van der Waals surface area contributed by atoms with E-state index in [0.717, 1.165) is 12.8 Å². The largest absolute Gasteiger partial charge is 0.494 e. The lowest BCUT2D eigenvalue weighted by atomic mass is 9.49. The fourth-order valence-electron chi connectivity index (χ4n) is 3.40. The molecule has 1 fully saturated rings. The molecule has 0 spiro atoms. The zero-order valence-electron chi connectivity index (χ0n) is 20.5. The second kappa shape index (κ2) is 9.93. The summed E-state index contributed by atoms with van der Waals surface area (Å²) in [6.07, 6.45) is 2.89. The van der Waals surface area contributed by atoms with Crippen molar-refractivity contribution in [3.63, 3.8) is 0 Å². The van der Waals surface area contributed by atoms with Gasteiger partial charge in [-0.25, -0.2) is 4.98 Å². The zero-order chi connectivity index (χ0) is 27.0. The third-order valence-corrected chi connectivity index (χ3v) is 5.37. The fourth-order valence-corrected chi connectivity index (χ4v) is 3.40. The molecule has 6 radical (unpaired) electrons. The van der Waals surface area contributed by atoms with E-state index in [1.165, 1.54) is 33.2 Å². The summed E-state index contributed by atoms with van der Waals surface area (Å²) in [6.45, 7) is 3.07. The van der Waals surface area contributed by atoms with E-state index < -0.39 is 16.7 Å². The van der Waals surface area contributed by atoms with Crippen LogP contribution in [0.15, 0.2) is 35.0 Å². The smallest absolute Gasteiger partial charge is 0.261 e. The number of methoxy groups -OCH3 is 1. The molecule has 0 bridgehead atoms. The van der Waals surface area contributed by atoms with Gasteiger partial charge in [0.15, 0.2) is 5.75 Å². The van der Waals surface area contributed by atoms with Crippen LogP contribution in [0, 0.1) is 5.92 Å². The van der Waals surface area contributed by atoms with Crippen molar-refractivity contribution >= 4 is 52.5 Å². The highest BCUT2D eigenvalue weighted by molar-refractivity contribution is 6.60. The number of nitrogens with one attached hydrogen (secondary N) is 3. The van der Waals surface area contributed by atoms with E-state index in [2.05, 4.69) is 31.1 Å². The molecular weight excluding hydrogens is 473 g/mol. The number of nitrogens with zero attached hydrogens (tertiary/aromatic N) is 3. The minimum Gasteiger partial charge on any atom is -0.494 e. The van der Waals surface area contributed by atoms with Gasteiger partial charge in [0, 0.05) is 18.2 Å². The van der Waals surface area contributed by atoms with Crippen LogP contribution in [0.5, 0.6) is 5.75 Å². The van der Waals surface area contributed by atoms with Crippen molar-refractivity contribution in [3.8, 4) is 17.2 Å². The molecule has 4 N–H and O–H groups in total. The van der Waals surface area contributed by atoms with Gasteiger partial charge >= 0.3 is 0 Å². The number of hydrogen-bond acceptors (Lipinski definition) is 9. The average molecular weight is 496 g/mol. The van der Waals surface area contributed by atoms with Crippen LogP contribution in [0.1, 0.15) is 42.9 Å². The summed E-state index contributed by atoms with van der Waals surface area (Å²) in [5, 5.41) is 20.2. The van der Waals surface area contributed by atoms with Gasteiger partial charge in [0.2, 0.25) is 11.7 Å². The molecule has 1 saturated carbocycles. The number of carbonyl (C=O) groups excluding carboxylic acids is 2. The van der Waals surface area contributed by atoms with Gasteiger partial charge in [0.25, 0.3) is 11.8 Å². The molecule has 37 heavy (non-hydrogen) atoms. The summed E-state index contributed by atoms with van der Waals surface area (Å²) in [5.74, 6) is -0.150. The lowest BCUT2D eigenvalue weighted by Gasteiger charge is -2.23. The Morgan fingerprint density at radius 2 is 1.92 bits per heavy atom. The van der Waals surface area contributed by atoms with Crippen molar-refractivity contribution in [2.45, 2.75) is 37.5 Å². The summed E-state index contributed by atoms with van der Waals surface area (Å²) in [7, 11) is 18.1. The van der Waals surface area contributed by atoms with Gasteiger partial charge in [-0.3, -0.25) is 9.59 Å². The summed E-state index contributed by atoms with van der Waals surface area (Å²) in [4.78, 5) is 33.6. The molecule has 11 nitrogen and oxygen atoms in total. The van der Waals surface area contributed by atoms with E-state index in [-0.39, 0.29) is 40.6 Å². The number of ether oxygens (including phenoxy) is 1. The molecule has 0 atom stereocenters. The molecule has 184 valence electrons. The first kappa shape index (κ1) is 26.3. The Labute approximate surface area is 217 Å². The van der Waals surface area contributed by atoms with Crippen LogP contribution in [0.2, 0.25) is 0 Å². The molecule has 0 aliphatic heterocycles. The third-order valence-electron chi connectivity index (χ3n) is 5.37. The van der Waals surface area contributed by atoms with Gasteiger partial charge in [-0.15, -0.1) is 0 Å². The fraction of sp³-hybridized carbons (Fsp3) is 0.348. The normalized spacial score (nSPS) is 13.6. The first-order chi connectivity index (χ1) is 17.4. The molecule has 2 amide bonds. The van der Waals surface area contributed by atoms with Crippen LogP contribution in [-0.4, -0.2) is 67.9 Å². The molecule has 0 unspecified atom stereocenters. The van der Waals surface area contributed by atoms with Crippen LogP contribution in [0.25, 0.3) is 11.5 Å². The van der Waals surface area contributed by atoms with E-state index in [4.69, 9.17) is 32.8 Å². The van der Waals surface area contributed by atoms with E-state index in [9.17, 15) is 14.7 Å². The number of amides is 2. The summed E-state index contributed by atoms with van der Waals surface area (Å²) < 4.78 is 11.0. The van der Waals surface area contributed by atoms with Crippen molar-refractivity contribution in [2.24, 2.45) is 5.92 Å². The molecule has 4 rings (SSSR count). The minimum atomic E-state index is -1.97. The van der Waals surface area contributed by atoms with E-state index in [0.29, 0.717) is 17.0 Å². The van der Waals surface area contributed by atoms with E-state index in [1.807, 2.05) is 0 Å². The number of aromatic nitrogens is 3. The predicted octanol–water partition coefficient (Wildman–Crippen LogP) is 1.31. The Morgan fingerprint density at radius 1 is 1.19 bits per heavy atom. The Hall–Kier alpha value is -3.80. The number of aliphatic hydroxyl groups is 1. The summed E-state index contributed by atoms with van der Waals surface area (Å²) in [5.41, 5.74) is -0.161. The second-order valence-corrected chi connectivity index (χ2v) is 9.26.